The third kappa shape index (κ3) is 2.86. The first kappa shape index (κ1) is 9.60. The topological polar surface area (TPSA) is 0 Å². The highest BCUT2D eigenvalue weighted by Gasteiger charge is 2.02. The molecule has 1 atom stereocenters. The molecule has 0 aliphatic heterocycles. The van der Waals surface area contributed by atoms with Gasteiger partial charge in [0.1, 0.15) is 0 Å². The van der Waals surface area contributed by atoms with E-state index in [0.717, 1.165) is 12.3 Å². The first-order chi connectivity index (χ1) is 5.84. The summed E-state index contributed by atoms with van der Waals surface area (Å²) in [6.45, 7) is 2.24. The van der Waals surface area contributed by atoms with Gasteiger partial charge in [0.25, 0.3) is 0 Å². The molecule has 1 rings (SSSR count). The lowest BCUT2D eigenvalue weighted by Crippen LogP contribution is -1.93. The van der Waals surface area contributed by atoms with Gasteiger partial charge in [-0.05, 0) is 30.4 Å². The zero-order valence-electron chi connectivity index (χ0n) is 7.39. The molecule has 0 aromatic heterocycles. The van der Waals surface area contributed by atoms with E-state index in [1.54, 1.807) is 0 Å². The quantitative estimate of drug-likeness (QED) is 0.623. The Hall–Kier alpha value is -0.490. The van der Waals surface area contributed by atoms with Crippen LogP contribution in [0.2, 0.25) is 0 Å². The molecule has 1 aromatic carbocycles. The molecule has 1 radical (unpaired) electrons. The van der Waals surface area contributed by atoms with Crippen LogP contribution in [-0.4, -0.2) is 5.88 Å². The van der Waals surface area contributed by atoms with Crippen LogP contribution in [0.5, 0.6) is 0 Å². The highest BCUT2D eigenvalue weighted by molar-refractivity contribution is 6.17. The molecule has 0 saturated carbocycles. The molecule has 0 aliphatic rings. The Balaban J connectivity index is 2.48. The van der Waals surface area contributed by atoms with E-state index in [9.17, 15) is 0 Å². The van der Waals surface area contributed by atoms with Gasteiger partial charge in [-0.3, -0.25) is 0 Å². The maximum atomic E-state index is 5.63. The van der Waals surface area contributed by atoms with Crippen molar-refractivity contribution in [2.24, 2.45) is 0 Å². The van der Waals surface area contributed by atoms with E-state index in [0.29, 0.717) is 5.92 Å². The highest BCUT2D eigenvalue weighted by Crippen LogP contribution is 2.19. The number of hydrogen-bond donors (Lipinski definition) is 0. The van der Waals surface area contributed by atoms with Crippen molar-refractivity contribution in [3.8, 4) is 0 Å². The second-order valence-electron chi connectivity index (χ2n) is 3.07. The lowest BCUT2D eigenvalue weighted by atomic mass is 9.97. The van der Waals surface area contributed by atoms with E-state index in [4.69, 9.17) is 11.6 Å². The number of alkyl halides is 1. The molecule has 1 aromatic rings. The number of hydrogen-bond acceptors (Lipinski definition) is 0. The van der Waals surface area contributed by atoms with Gasteiger partial charge in [0.05, 0.1) is 0 Å². The van der Waals surface area contributed by atoms with E-state index in [2.05, 4.69) is 25.1 Å². The smallest absolute Gasteiger partial charge is 0.0223 e. The summed E-state index contributed by atoms with van der Waals surface area (Å²) < 4.78 is 0. The van der Waals surface area contributed by atoms with Crippen LogP contribution in [0.1, 0.15) is 31.2 Å². The Bertz CT molecular complexity index is 206. The molecule has 0 saturated heterocycles. The van der Waals surface area contributed by atoms with Crippen LogP contribution in [0.3, 0.4) is 0 Å². The maximum Gasteiger partial charge on any atom is 0.0223 e. The molecule has 1 unspecified atom stereocenters. The molecule has 0 fully saturated rings. The molecule has 0 aliphatic carbocycles. The Morgan fingerprint density at radius 3 is 2.67 bits per heavy atom. The van der Waals surface area contributed by atoms with Gasteiger partial charge in [-0.2, -0.15) is 0 Å². The van der Waals surface area contributed by atoms with Crippen LogP contribution < -0.4 is 0 Å². The number of rotatable bonds is 4. The zero-order valence-corrected chi connectivity index (χ0v) is 8.14. The Labute approximate surface area is 79.6 Å². The SMILES string of the molecule is CC(CCCCl)c1cc[c]cc1. The van der Waals surface area contributed by atoms with Gasteiger partial charge >= 0.3 is 0 Å². The van der Waals surface area contributed by atoms with Gasteiger partial charge in [0, 0.05) is 5.88 Å². The maximum absolute atomic E-state index is 5.63. The van der Waals surface area contributed by atoms with Gasteiger partial charge < -0.3 is 0 Å². The molecule has 0 nitrogen and oxygen atoms in total. The van der Waals surface area contributed by atoms with Gasteiger partial charge in [0.15, 0.2) is 0 Å². The first-order valence-electron chi connectivity index (χ1n) is 4.36. The number of halogens is 1. The van der Waals surface area contributed by atoms with Crippen LogP contribution >= 0.6 is 11.6 Å². The van der Waals surface area contributed by atoms with Crippen LogP contribution in [0.25, 0.3) is 0 Å². The van der Waals surface area contributed by atoms with Crippen LogP contribution in [0.15, 0.2) is 24.3 Å². The molecule has 0 bridgehead atoms. The monoisotopic (exact) mass is 181 g/mol. The van der Waals surface area contributed by atoms with Crippen molar-refractivity contribution in [2.75, 3.05) is 5.88 Å². The molecule has 12 heavy (non-hydrogen) atoms. The minimum absolute atomic E-state index is 0.623. The average Bonchev–Trinajstić information content (AvgIpc) is 2.15. The van der Waals surface area contributed by atoms with Crippen molar-refractivity contribution in [3.05, 3.63) is 35.9 Å². The lowest BCUT2D eigenvalue weighted by Gasteiger charge is -2.09. The fraction of sp³-hybridized carbons (Fsp3) is 0.455. The van der Waals surface area contributed by atoms with Crippen molar-refractivity contribution in [2.45, 2.75) is 25.7 Å². The second kappa shape index (κ2) is 5.21. The molecular weight excluding hydrogens is 168 g/mol. The predicted octanol–water partition coefficient (Wildman–Crippen LogP) is 3.61. The van der Waals surface area contributed by atoms with Gasteiger partial charge in [0.2, 0.25) is 0 Å². The summed E-state index contributed by atoms with van der Waals surface area (Å²) >= 11 is 5.63. The summed E-state index contributed by atoms with van der Waals surface area (Å²) in [5, 5.41) is 0. The van der Waals surface area contributed by atoms with Crippen molar-refractivity contribution < 1.29 is 0 Å². The zero-order chi connectivity index (χ0) is 8.81. The second-order valence-corrected chi connectivity index (χ2v) is 3.44. The molecule has 0 amide bonds. The molecular formula is C11H14Cl. The van der Waals surface area contributed by atoms with Crippen LogP contribution in [0, 0.1) is 6.07 Å². The van der Waals surface area contributed by atoms with Crippen LogP contribution in [0.4, 0.5) is 0 Å². The third-order valence-electron chi connectivity index (χ3n) is 2.08. The summed E-state index contributed by atoms with van der Waals surface area (Å²) in [5.41, 5.74) is 1.39. The minimum atomic E-state index is 0.623. The largest absolute Gasteiger partial charge is 0.127 e. The standard InChI is InChI=1S/C11H14Cl/c1-10(6-5-9-12)11-7-3-2-4-8-11/h3-4,7-8,10H,5-6,9H2,1H3. The van der Waals surface area contributed by atoms with Crippen molar-refractivity contribution in [1.29, 1.82) is 0 Å². The molecule has 0 spiro atoms. The predicted molar refractivity (Wildman–Crippen MR) is 53.6 cm³/mol. The van der Waals surface area contributed by atoms with E-state index in [1.165, 1.54) is 12.0 Å². The average molecular weight is 182 g/mol. The summed E-state index contributed by atoms with van der Waals surface area (Å²) in [5.74, 6) is 1.39. The highest BCUT2D eigenvalue weighted by atomic mass is 35.5. The van der Waals surface area contributed by atoms with E-state index in [-0.39, 0.29) is 0 Å². The lowest BCUT2D eigenvalue weighted by molar-refractivity contribution is 0.667. The third-order valence-corrected chi connectivity index (χ3v) is 2.35. The van der Waals surface area contributed by atoms with Crippen molar-refractivity contribution >= 4 is 11.6 Å². The van der Waals surface area contributed by atoms with E-state index in [1.807, 2.05) is 12.1 Å². The Morgan fingerprint density at radius 1 is 1.42 bits per heavy atom. The van der Waals surface area contributed by atoms with Crippen molar-refractivity contribution in [1.82, 2.24) is 0 Å². The Kier molecular flexibility index (Phi) is 4.16. The summed E-state index contributed by atoms with van der Waals surface area (Å²) in [6, 6.07) is 11.2. The van der Waals surface area contributed by atoms with Crippen LogP contribution in [-0.2, 0) is 0 Å². The van der Waals surface area contributed by atoms with Gasteiger partial charge in [-0.15, -0.1) is 11.6 Å². The van der Waals surface area contributed by atoms with Crippen molar-refractivity contribution in [3.63, 3.8) is 0 Å². The van der Waals surface area contributed by atoms with E-state index >= 15 is 0 Å². The molecule has 1 heteroatoms. The summed E-state index contributed by atoms with van der Waals surface area (Å²) in [7, 11) is 0. The van der Waals surface area contributed by atoms with Gasteiger partial charge in [-0.25, -0.2) is 0 Å². The molecule has 0 heterocycles. The molecule has 65 valence electrons. The molecule has 0 N–H and O–H groups in total. The fourth-order valence-electron chi connectivity index (χ4n) is 1.28. The normalized spacial score (nSPS) is 12.8. The summed E-state index contributed by atoms with van der Waals surface area (Å²) in [4.78, 5) is 0. The first-order valence-corrected chi connectivity index (χ1v) is 4.90. The minimum Gasteiger partial charge on any atom is -0.127 e. The van der Waals surface area contributed by atoms with Gasteiger partial charge in [-0.1, -0.05) is 31.2 Å². The van der Waals surface area contributed by atoms with E-state index < -0.39 is 0 Å². The summed E-state index contributed by atoms with van der Waals surface area (Å²) in [6.07, 6.45) is 2.27. The Morgan fingerprint density at radius 2 is 2.08 bits per heavy atom. The fourth-order valence-corrected chi connectivity index (χ4v) is 1.43. The number of benzene rings is 1.